The zero-order chi connectivity index (χ0) is 18.6. The van der Waals surface area contributed by atoms with Crippen molar-refractivity contribution >= 4 is 40.9 Å². The first-order valence-corrected chi connectivity index (χ1v) is 7.53. The molecule has 0 aliphatic carbocycles. The van der Waals surface area contributed by atoms with Crippen LogP contribution >= 0.6 is 23.2 Å². The monoisotopic (exact) mass is 384 g/mol. The van der Waals surface area contributed by atoms with Crippen LogP contribution in [0.3, 0.4) is 0 Å². The first-order chi connectivity index (χ1) is 11.7. The number of alkyl halides is 3. The van der Waals surface area contributed by atoms with E-state index in [2.05, 4.69) is 5.32 Å². The molecule has 0 unspecified atom stereocenters. The summed E-state index contributed by atoms with van der Waals surface area (Å²) in [6, 6.07) is 10.7. The van der Waals surface area contributed by atoms with Gasteiger partial charge in [0.15, 0.2) is 0 Å². The van der Waals surface area contributed by atoms with Crippen molar-refractivity contribution in [3.63, 3.8) is 0 Å². The molecule has 0 atom stereocenters. The summed E-state index contributed by atoms with van der Waals surface area (Å²) in [6.45, 7) is 0. The second-order valence-electron chi connectivity index (χ2n) is 4.81. The number of nitrogens with one attached hydrogen (secondary N) is 1. The molecule has 3 nitrogen and oxygen atoms in total. The van der Waals surface area contributed by atoms with Crippen molar-refractivity contribution in [1.82, 2.24) is 0 Å². The molecule has 1 N–H and O–H groups in total. The molecule has 0 fully saturated rings. The third-order valence-corrected chi connectivity index (χ3v) is 3.96. The number of rotatable bonds is 3. The Morgan fingerprint density at radius 1 is 1.12 bits per heavy atom. The Balaban J connectivity index is 2.36. The summed E-state index contributed by atoms with van der Waals surface area (Å²) in [4.78, 5) is 12.2. The maximum absolute atomic E-state index is 13.0. The fourth-order valence-electron chi connectivity index (χ4n) is 1.97. The lowest BCUT2D eigenvalue weighted by molar-refractivity contribution is -0.136. The molecule has 0 saturated carbocycles. The van der Waals surface area contributed by atoms with E-state index in [-0.39, 0.29) is 10.0 Å². The van der Waals surface area contributed by atoms with Crippen molar-refractivity contribution in [2.45, 2.75) is 6.18 Å². The average molecular weight is 385 g/mol. The van der Waals surface area contributed by atoms with Gasteiger partial charge in [0.05, 0.1) is 21.3 Å². The predicted octanol–water partition coefficient (Wildman–Crippen LogP) is 5.56. The molecular formula is C17H9Cl2F3N2O. The lowest BCUT2D eigenvalue weighted by Gasteiger charge is -2.13. The fraction of sp³-hybridized carbons (Fsp3) is 0.0588. The Labute approximate surface area is 151 Å². The number of anilines is 1. The Hall–Kier alpha value is -2.49. The minimum Gasteiger partial charge on any atom is -0.321 e. The SMILES string of the molecule is N#C/C(=C\c1cccc(Cl)c1Cl)C(=O)Nc1ccccc1C(F)(F)F. The van der Waals surface area contributed by atoms with Crippen LogP contribution in [0.15, 0.2) is 48.0 Å². The normalized spacial score (nSPS) is 11.8. The summed E-state index contributed by atoms with van der Waals surface area (Å²) in [5.74, 6) is -0.991. The maximum Gasteiger partial charge on any atom is 0.418 e. The van der Waals surface area contributed by atoms with E-state index >= 15 is 0 Å². The van der Waals surface area contributed by atoms with Gasteiger partial charge in [-0.25, -0.2) is 0 Å². The lowest BCUT2D eigenvalue weighted by Crippen LogP contribution is -2.17. The van der Waals surface area contributed by atoms with Gasteiger partial charge in [0, 0.05) is 0 Å². The van der Waals surface area contributed by atoms with E-state index in [0.29, 0.717) is 5.56 Å². The van der Waals surface area contributed by atoms with Gasteiger partial charge >= 0.3 is 6.18 Å². The third kappa shape index (κ3) is 4.53. The quantitative estimate of drug-likeness (QED) is 0.556. The minimum absolute atomic E-state index is 0.125. The Kier molecular flexibility index (Phi) is 5.73. The van der Waals surface area contributed by atoms with Crippen molar-refractivity contribution in [3.05, 3.63) is 69.2 Å². The highest BCUT2D eigenvalue weighted by Gasteiger charge is 2.33. The van der Waals surface area contributed by atoms with Gasteiger partial charge in [-0.3, -0.25) is 4.79 Å². The van der Waals surface area contributed by atoms with Crippen molar-refractivity contribution in [3.8, 4) is 6.07 Å². The van der Waals surface area contributed by atoms with Crippen LogP contribution in [-0.4, -0.2) is 5.91 Å². The van der Waals surface area contributed by atoms with E-state index in [0.717, 1.165) is 18.2 Å². The lowest BCUT2D eigenvalue weighted by atomic mass is 10.1. The molecule has 25 heavy (non-hydrogen) atoms. The number of carbonyl (C=O) groups excluding carboxylic acids is 1. The highest BCUT2D eigenvalue weighted by molar-refractivity contribution is 6.43. The summed E-state index contributed by atoms with van der Waals surface area (Å²) in [5.41, 5.74) is -1.58. The van der Waals surface area contributed by atoms with Crippen molar-refractivity contribution in [2.75, 3.05) is 5.32 Å². The molecule has 0 aliphatic heterocycles. The molecule has 0 spiro atoms. The molecule has 0 bridgehead atoms. The smallest absolute Gasteiger partial charge is 0.321 e. The molecule has 2 rings (SSSR count). The van der Waals surface area contributed by atoms with Gasteiger partial charge in [0.2, 0.25) is 0 Å². The number of nitriles is 1. The van der Waals surface area contributed by atoms with Gasteiger partial charge in [-0.2, -0.15) is 18.4 Å². The van der Waals surface area contributed by atoms with E-state index in [4.69, 9.17) is 28.5 Å². The van der Waals surface area contributed by atoms with Gasteiger partial charge in [0.25, 0.3) is 5.91 Å². The molecule has 2 aromatic rings. The van der Waals surface area contributed by atoms with Crippen LogP contribution in [0.25, 0.3) is 6.08 Å². The second-order valence-corrected chi connectivity index (χ2v) is 5.60. The molecule has 0 aromatic heterocycles. The van der Waals surface area contributed by atoms with Gasteiger partial charge in [0.1, 0.15) is 11.6 Å². The van der Waals surface area contributed by atoms with Crippen molar-refractivity contribution in [1.29, 1.82) is 5.26 Å². The zero-order valence-electron chi connectivity index (χ0n) is 12.4. The maximum atomic E-state index is 13.0. The summed E-state index contributed by atoms with van der Waals surface area (Å²) >= 11 is 11.8. The highest BCUT2D eigenvalue weighted by Crippen LogP contribution is 2.34. The topological polar surface area (TPSA) is 52.9 Å². The standard InChI is InChI=1S/C17H9Cl2F3N2O/c18-13-6-3-4-10(15(13)19)8-11(9-23)16(25)24-14-7-2-1-5-12(14)17(20,21)22/h1-8H,(H,24,25)/b11-8+. The van der Waals surface area contributed by atoms with Gasteiger partial charge in [-0.15, -0.1) is 0 Å². The van der Waals surface area contributed by atoms with Crippen LogP contribution < -0.4 is 5.32 Å². The molecule has 2 aromatic carbocycles. The first-order valence-electron chi connectivity index (χ1n) is 6.77. The summed E-state index contributed by atoms with van der Waals surface area (Å²) in [7, 11) is 0. The number of amides is 1. The number of halogens is 5. The zero-order valence-corrected chi connectivity index (χ0v) is 13.9. The van der Waals surface area contributed by atoms with Crippen LogP contribution in [-0.2, 0) is 11.0 Å². The van der Waals surface area contributed by atoms with E-state index in [1.165, 1.54) is 24.3 Å². The van der Waals surface area contributed by atoms with Crippen molar-refractivity contribution in [2.24, 2.45) is 0 Å². The van der Waals surface area contributed by atoms with Crippen LogP contribution in [0.1, 0.15) is 11.1 Å². The summed E-state index contributed by atoms with van der Waals surface area (Å²) in [5, 5.41) is 11.6. The van der Waals surface area contributed by atoms with Crippen molar-refractivity contribution < 1.29 is 18.0 Å². The number of carbonyl (C=O) groups is 1. The van der Waals surface area contributed by atoms with E-state index < -0.39 is 28.9 Å². The number of para-hydroxylation sites is 1. The second kappa shape index (κ2) is 7.60. The number of hydrogen-bond donors (Lipinski definition) is 1. The van der Waals surface area contributed by atoms with E-state index in [1.807, 2.05) is 0 Å². The number of benzene rings is 2. The average Bonchev–Trinajstić information content (AvgIpc) is 2.55. The van der Waals surface area contributed by atoms with E-state index in [1.54, 1.807) is 12.1 Å². The van der Waals surface area contributed by atoms with Gasteiger partial charge < -0.3 is 5.32 Å². The minimum atomic E-state index is -4.64. The Morgan fingerprint density at radius 3 is 2.44 bits per heavy atom. The first kappa shape index (κ1) is 18.8. The molecule has 8 heteroatoms. The van der Waals surface area contributed by atoms with E-state index in [9.17, 15) is 18.0 Å². The Morgan fingerprint density at radius 2 is 1.80 bits per heavy atom. The molecule has 1 amide bonds. The van der Waals surface area contributed by atoms with Crippen LogP contribution in [0.4, 0.5) is 18.9 Å². The molecule has 128 valence electrons. The molecule has 0 saturated heterocycles. The predicted molar refractivity (Wildman–Crippen MR) is 90.1 cm³/mol. The van der Waals surface area contributed by atoms with Crippen LogP contribution in [0.5, 0.6) is 0 Å². The largest absolute Gasteiger partial charge is 0.418 e. The Bertz CT molecular complexity index is 886. The molecule has 0 heterocycles. The molecular weight excluding hydrogens is 376 g/mol. The van der Waals surface area contributed by atoms with Gasteiger partial charge in [-0.1, -0.05) is 47.5 Å². The summed E-state index contributed by atoms with van der Waals surface area (Å²) < 4.78 is 38.9. The molecule has 0 radical (unpaired) electrons. The third-order valence-electron chi connectivity index (χ3n) is 3.13. The van der Waals surface area contributed by atoms with Gasteiger partial charge in [-0.05, 0) is 29.8 Å². The highest BCUT2D eigenvalue weighted by atomic mass is 35.5. The molecule has 0 aliphatic rings. The fourth-order valence-corrected chi connectivity index (χ4v) is 2.33. The number of hydrogen-bond acceptors (Lipinski definition) is 2. The number of nitrogens with zero attached hydrogens (tertiary/aromatic N) is 1. The summed E-state index contributed by atoms with van der Waals surface area (Å²) in [6.07, 6.45) is -3.49. The van der Waals surface area contributed by atoms with Crippen LogP contribution in [0, 0.1) is 11.3 Å². The van der Waals surface area contributed by atoms with Crippen LogP contribution in [0.2, 0.25) is 10.0 Å².